The van der Waals surface area contributed by atoms with E-state index in [9.17, 15) is 44.7 Å². The molecule has 7 N–H and O–H groups in total. The van der Waals surface area contributed by atoms with Gasteiger partial charge in [-0.3, -0.25) is 10.2 Å². The van der Waals surface area contributed by atoms with Gasteiger partial charge in [0, 0.05) is 96.1 Å². The van der Waals surface area contributed by atoms with Crippen LogP contribution in [-0.4, -0.2) is 127 Å². The highest BCUT2D eigenvalue weighted by molar-refractivity contribution is 9.10. The van der Waals surface area contributed by atoms with E-state index in [1.807, 2.05) is 31.7 Å². The van der Waals surface area contributed by atoms with Gasteiger partial charge in [0.15, 0.2) is 28.9 Å². The third kappa shape index (κ3) is 16.1. The number of urea groups is 1. The Labute approximate surface area is 648 Å². The van der Waals surface area contributed by atoms with Crippen molar-refractivity contribution in [2.75, 3.05) is 51.5 Å². The monoisotopic (exact) mass is 1630 g/mol. The molecule has 0 radical (unpaired) electrons. The van der Waals surface area contributed by atoms with E-state index in [0.717, 1.165) is 74.9 Å². The quantitative estimate of drug-likeness (QED) is 0.0290. The van der Waals surface area contributed by atoms with E-state index >= 15 is 0 Å². The van der Waals surface area contributed by atoms with Crippen molar-refractivity contribution in [3.8, 4) is 34.4 Å². The number of hydrazine groups is 1. The first-order valence-electron chi connectivity index (χ1n) is 35.1. The van der Waals surface area contributed by atoms with Crippen LogP contribution in [0.4, 0.5) is 69.2 Å². The summed E-state index contributed by atoms with van der Waals surface area (Å²) in [5.74, 6) is 4.82. The second kappa shape index (κ2) is 33.3. The van der Waals surface area contributed by atoms with E-state index in [4.69, 9.17) is 29.0 Å². The Morgan fingerprint density at radius 3 is 1.08 bits per heavy atom. The second-order valence-electron chi connectivity index (χ2n) is 26.1. The molecule has 0 aliphatic carbocycles. The van der Waals surface area contributed by atoms with Gasteiger partial charge in [-0.15, -0.1) is 25.5 Å². The van der Waals surface area contributed by atoms with Crippen LogP contribution in [-0.2, 0) is 0 Å². The number of benzene rings is 4. The third-order valence-electron chi connectivity index (χ3n) is 19.2. The molecular weight excluding hydrogens is 1560 g/mol. The number of nitrogen functional groups attached to an aromatic ring is 1. The van der Waals surface area contributed by atoms with Crippen molar-refractivity contribution >= 4 is 80.1 Å². The maximum Gasteiger partial charge on any atom is 0.326 e. The molecule has 4 saturated heterocycles. The van der Waals surface area contributed by atoms with E-state index in [1.165, 1.54) is 47.1 Å². The Kier molecular flexibility index (Phi) is 22.6. The summed E-state index contributed by atoms with van der Waals surface area (Å²) < 4.78 is 134. The molecule has 4 atom stereocenters. The Morgan fingerprint density at radius 1 is 0.456 bits per heavy atom. The summed E-state index contributed by atoms with van der Waals surface area (Å²) >= 11 is 3.13. The molecule has 15 heterocycles. The number of halogens is 9. The second-order valence-corrected chi connectivity index (χ2v) is 26.8. The molecular formula is C74H67BrF8N26O5. The average molecular weight is 1630 g/mol. The number of aromatic nitrogens is 18. The molecule has 0 saturated carbocycles. The molecule has 586 valence electrons. The van der Waals surface area contributed by atoms with Crippen LogP contribution in [0, 0.1) is 53.5 Å². The minimum atomic E-state index is -0.718. The molecule has 0 unspecified atom stereocenters. The van der Waals surface area contributed by atoms with Gasteiger partial charge in [0.1, 0.15) is 86.5 Å². The molecule has 114 heavy (non-hydrogen) atoms. The first-order chi connectivity index (χ1) is 54.7. The number of carbonyl (C=O) groups excluding carboxylic acids is 2. The molecule has 0 spiro atoms. The summed E-state index contributed by atoms with van der Waals surface area (Å²) in [5.41, 5.74) is 17.1. The standard InChI is InChI=1S/C19H16F2N6O.C18H13BrF2N6O.C18H15F2N7O.C17H14F2N4O.CH5N3O.CH4/c1-11-24-25-19(28-11)14-10-22-27-8-6-17(23-18(14)27)26-7-2-3-16(26)13-9-12(20)4-5-15(13)21;19-18-25-24-17(28-18)12-9-22-27-7-5-15(23-16(12)27)26-6-1-2-14(26)11-8-10(20)3-4-13(11)21;19-10-3-4-13(20)11(8-10)14-2-1-6-26(14)15-5-7-27-16(23-15)12(9-22-27)17-24-25-18(21)28-17;18-12-3-4-14(19)13(8-12)15-2-1-6-22(15)16-5-7-23-17(21-16)11(10-24)9-20-23;2-1(5)4-3;/h4-6,8-10,16H,2-3,7H2,1H3;3-5,7-9,14H,1-2,6H2;3-5,7-9,14H,1-2,6H2,(H2,21,25);3-5,7-10,15H,1-2,6H2;3H2,(H3,2,4,5);1H4/t16-;2*14-;15-;;/m1111../s1. The van der Waals surface area contributed by atoms with Crippen molar-refractivity contribution in [2.24, 2.45) is 11.6 Å². The number of hydrogen-bond acceptors (Lipinski definition) is 25. The van der Waals surface area contributed by atoms with Crippen molar-refractivity contribution in [3.05, 3.63) is 232 Å². The summed E-state index contributed by atoms with van der Waals surface area (Å²) in [4.78, 5) is 47.2. The fourth-order valence-electron chi connectivity index (χ4n) is 14.2. The molecule has 11 aromatic heterocycles. The summed E-state index contributed by atoms with van der Waals surface area (Å²) in [7, 11) is 0. The molecule has 31 nitrogen and oxygen atoms in total. The lowest BCUT2D eigenvalue weighted by atomic mass is 10.0. The highest BCUT2D eigenvalue weighted by Crippen LogP contribution is 2.42. The van der Waals surface area contributed by atoms with Crippen LogP contribution >= 0.6 is 15.9 Å². The minimum absolute atomic E-state index is 0. The first kappa shape index (κ1) is 77.3. The van der Waals surface area contributed by atoms with Crippen molar-refractivity contribution in [2.45, 2.75) is 89.9 Å². The highest BCUT2D eigenvalue weighted by atomic mass is 79.9. The van der Waals surface area contributed by atoms with Gasteiger partial charge in [0.25, 0.3) is 22.5 Å². The third-order valence-corrected chi connectivity index (χ3v) is 19.5. The number of hydrogen-bond donors (Lipinski definition) is 4. The van der Waals surface area contributed by atoms with Gasteiger partial charge in [-0.2, -0.15) is 20.4 Å². The molecule has 2 amide bonds. The van der Waals surface area contributed by atoms with Crippen LogP contribution in [0.15, 0.2) is 165 Å². The maximum atomic E-state index is 14.3. The maximum absolute atomic E-state index is 14.3. The number of carbonyl (C=O) groups is 2. The Hall–Kier alpha value is -13.4. The average Bonchev–Trinajstić information content (AvgIpc) is 1.64. The minimum Gasteiger partial charge on any atom is -0.421 e. The smallest absolute Gasteiger partial charge is 0.326 e. The van der Waals surface area contributed by atoms with E-state index in [-0.39, 0.29) is 48.3 Å². The number of nitrogens with two attached hydrogens (primary N) is 3. The van der Waals surface area contributed by atoms with E-state index < -0.39 is 52.6 Å². The summed E-state index contributed by atoms with van der Waals surface area (Å²) in [5, 5.41) is 40.0. The Balaban J connectivity index is 0.000000123. The van der Waals surface area contributed by atoms with Crippen molar-refractivity contribution in [3.63, 3.8) is 0 Å². The van der Waals surface area contributed by atoms with Crippen LogP contribution in [0.2, 0.25) is 0 Å². The molecule has 19 rings (SSSR count). The van der Waals surface area contributed by atoms with Gasteiger partial charge in [0.2, 0.25) is 5.89 Å². The summed E-state index contributed by atoms with van der Waals surface area (Å²) in [6, 6.07) is 19.5. The predicted octanol–water partition coefficient (Wildman–Crippen LogP) is 13.2. The number of fused-ring (bicyclic) bond motifs is 4. The van der Waals surface area contributed by atoms with Crippen molar-refractivity contribution in [1.29, 1.82) is 0 Å². The molecule has 40 heteroatoms. The summed E-state index contributed by atoms with van der Waals surface area (Å²) in [6.45, 7) is 4.48. The molecule has 0 bridgehead atoms. The number of aldehydes is 1. The number of rotatable bonds is 12. The molecule has 15 aromatic rings. The normalized spacial score (nSPS) is 16.5. The van der Waals surface area contributed by atoms with Crippen LogP contribution in [0.5, 0.6) is 0 Å². The molecule has 4 fully saturated rings. The summed E-state index contributed by atoms with van der Waals surface area (Å²) in [6.07, 6.45) is 20.2. The zero-order valence-corrected chi connectivity index (χ0v) is 60.8. The Morgan fingerprint density at radius 2 is 0.772 bits per heavy atom. The van der Waals surface area contributed by atoms with Gasteiger partial charge in [0.05, 0.1) is 54.5 Å². The number of nitrogens with zero attached hydrogens (tertiary/aromatic N) is 22. The van der Waals surface area contributed by atoms with Crippen LogP contribution in [0.1, 0.15) is 121 Å². The Bertz CT molecular complexity index is 5560. The van der Waals surface area contributed by atoms with E-state index in [0.29, 0.717) is 153 Å². The number of primary amides is 1. The van der Waals surface area contributed by atoms with Gasteiger partial charge >= 0.3 is 12.0 Å². The highest BCUT2D eigenvalue weighted by Gasteiger charge is 2.35. The molecule has 4 aromatic carbocycles. The zero-order chi connectivity index (χ0) is 78.7. The fourth-order valence-corrected chi connectivity index (χ4v) is 14.5. The number of anilines is 5. The SMILES string of the molecule is C.Cc1nnc(-c2cnn3ccc(N4CCC[C@@H]4c4cc(F)ccc4F)nc23)o1.Fc1ccc(F)c([C@H]2CCCN2c2ccn3ncc(-c4nnc(Br)o4)c3n2)c1.NNC(N)=O.Nc1nnc(-c2cnn3ccc(N4CCC[C@@H]4c4cc(F)ccc4F)nc23)o1.O=Cc1cnn2ccc(N3CCC[C@@H]3c3cc(F)ccc3F)nc12. The molecule has 4 aliphatic heterocycles. The topological polar surface area (TPSA) is 375 Å². The van der Waals surface area contributed by atoms with E-state index in [2.05, 4.69) is 88.5 Å². The van der Waals surface area contributed by atoms with Gasteiger partial charge in [-0.05, 0) is 148 Å². The first-order valence-corrected chi connectivity index (χ1v) is 35.9. The van der Waals surface area contributed by atoms with Crippen LogP contribution in [0.25, 0.3) is 57.0 Å². The van der Waals surface area contributed by atoms with Crippen LogP contribution < -0.4 is 42.3 Å². The molecule has 4 aliphatic rings. The van der Waals surface area contributed by atoms with Crippen molar-refractivity contribution < 1.29 is 58.0 Å². The number of nitrogens with one attached hydrogen (secondary N) is 1. The fraction of sp³-hybridized carbons (Fsp3) is 0.243. The zero-order valence-electron chi connectivity index (χ0n) is 59.2. The van der Waals surface area contributed by atoms with Crippen molar-refractivity contribution in [1.82, 2.24) is 94.4 Å². The van der Waals surface area contributed by atoms with Gasteiger partial charge < -0.3 is 44.3 Å². The van der Waals surface area contributed by atoms with Crippen LogP contribution in [0.3, 0.4) is 0 Å². The number of aryl methyl sites for hydroxylation is 1. The lowest BCUT2D eigenvalue weighted by molar-refractivity contribution is 0.112. The predicted molar refractivity (Wildman–Crippen MR) is 400 cm³/mol. The lowest BCUT2D eigenvalue weighted by Crippen LogP contribution is -2.34. The van der Waals surface area contributed by atoms with Gasteiger partial charge in [-0.25, -0.2) is 83.8 Å². The largest absolute Gasteiger partial charge is 0.421 e. The van der Waals surface area contributed by atoms with Gasteiger partial charge in [-0.1, -0.05) is 12.5 Å². The van der Waals surface area contributed by atoms with E-state index in [1.54, 1.807) is 81.4 Å². The number of amides is 2. The lowest BCUT2D eigenvalue weighted by Gasteiger charge is -2.26.